The summed E-state index contributed by atoms with van der Waals surface area (Å²) in [6.45, 7) is 3.33. The number of sulfonamides is 1. The zero-order valence-corrected chi connectivity index (χ0v) is 22.9. The minimum absolute atomic E-state index is 0.0258. The highest BCUT2D eigenvalue weighted by Crippen LogP contribution is 2.46. The maximum absolute atomic E-state index is 13.3. The second-order valence-electron chi connectivity index (χ2n) is 10.8. The Morgan fingerprint density at radius 2 is 1.55 bits per heavy atom. The van der Waals surface area contributed by atoms with Gasteiger partial charge in [-0.1, -0.05) is 78.4 Å². The molecule has 3 aromatic rings. The predicted octanol–water partition coefficient (Wildman–Crippen LogP) is 5.81. The fourth-order valence-corrected chi connectivity index (χ4v) is 8.26. The number of benzene rings is 3. The SMILES string of the molecule is Cc1ccc(S(=O)(=O)N2CCC[C@H]2CCNC2CCC(C(C#N)(c3ccccc3)c3ccccc3)C2)cc1. The quantitative estimate of drug-likeness (QED) is 0.381. The summed E-state index contributed by atoms with van der Waals surface area (Å²) in [5, 5.41) is 14.4. The van der Waals surface area contributed by atoms with Crippen molar-refractivity contribution in [2.24, 2.45) is 5.92 Å². The number of nitriles is 1. The van der Waals surface area contributed by atoms with E-state index in [9.17, 15) is 13.7 Å². The van der Waals surface area contributed by atoms with E-state index in [-0.39, 0.29) is 12.0 Å². The van der Waals surface area contributed by atoms with E-state index in [0.717, 1.165) is 61.8 Å². The van der Waals surface area contributed by atoms with Crippen LogP contribution in [0.15, 0.2) is 89.8 Å². The van der Waals surface area contributed by atoms with Crippen molar-refractivity contribution in [3.63, 3.8) is 0 Å². The molecule has 38 heavy (non-hydrogen) atoms. The molecule has 2 fully saturated rings. The van der Waals surface area contributed by atoms with Crippen molar-refractivity contribution in [1.82, 2.24) is 9.62 Å². The van der Waals surface area contributed by atoms with E-state index in [4.69, 9.17) is 0 Å². The van der Waals surface area contributed by atoms with E-state index < -0.39 is 15.4 Å². The van der Waals surface area contributed by atoms with Crippen molar-refractivity contribution in [2.45, 2.75) is 67.8 Å². The molecule has 1 N–H and O–H groups in total. The molecule has 5 rings (SSSR count). The van der Waals surface area contributed by atoms with Gasteiger partial charge in [-0.25, -0.2) is 8.42 Å². The van der Waals surface area contributed by atoms with Crippen LogP contribution in [0.1, 0.15) is 55.2 Å². The first kappa shape index (κ1) is 26.6. The van der Waals surface area contributed by atoms with Gasteiger partial charge in [-0.2, -0.15) is 9.57 Å². The van der Waals surface area contributed by atoms with Crippen molar-refractivity contribution >= 4 is 10.0 Å². The van der Waals surface area contributed by atoms with Gasteiger partial charge >= 0.3 is 0 Å². The van der Waals surface area contributed by atoms with Gasteiger partial charge in [0.2, 0.25) is 10.0 Å². The minimum Gasteiger partial charge on any atom is -0.314 e. The summed E-state index contributed by atoms with van der Waals surface area (Å²) < 4.78 is 28.3. The van der Waals surface area contributed by atoms with E-state index >= 15 is 0 Å². The third-order valence-electron chi connectivity index (χ3n) is 8.54. The van der Waals surface area contributed by atoms with Crippen LogP contribution in [0.5, 0.6) is 0 Å². The first-order valence-electron chi connectivity index (χ1n) is 13.8. The highest BCUT2D eigenvalue weighted by Gasteiger charge is 2.46. The number of hydrogen-bond acceptors (Lipinski definition) is 4. The molecule has 0 bridgehead atoms. The molecular formula is C32H37N3O2S. The molecule has 3 atom stereocenters. The third kappa shape index (κ3) is 5.16. The van der Waals surface area contributed by atoms with E-state index in [1.54, 1.807) is 16.4 Å². The molecule has 1 aliphatic carbocycles. The molecule has 0 radical (unpaired) electrons. The lowest BCUT2D eigenvalue weighted by Crippen LogP contribution is -2.39. The van der Waals surface area contributed by atoms with Gasteiger partial charge in [-0.3, -0.25) is 0 Å². The Bertz CT molecular complexity index is 1310. The van der Waals surface area contributed by atoms with Crippen LogP contribution in [-0.2, 0) is 15.4 Å². The molecule has 6 heteroatoms. The van der Waals surface area contributed by atoms with Crippen LogP contribution >= 0.6 is 0 Å². The van der Waals surface area contributed by atoms with Crippen LogP contribution in [-0.4, -0.2) is 37.9 Å². The molecule has 1 saturated heterocycles. The Labute approximate surface area is 227 Å². The third-order valence-corrected chi connectivity index (χ3v) is 10.5. The molecule has 0 amide bonds. The van der Waals surface area contributed by atoms with Crippen molar-refractivity contribution in [3.8, 4) is 6.07 Å². The smallest absolute Gasteiger partial charge is 0.243 e. The fourth-order valence-electron chi connectivity index (χ4n) is 6.53. The predicted molar refractivity (Wildman–Crippen MR) is 151 cm³/mol. The molecule has 2 aliphatic rings. The lowest BCUT2D eigenvalue weighted by molar-refractivity contribution is 0.351. The topological polar surface area (TPSA) is 73.2 Å². The largest absolute Gasteiger partial charge is 0.314 e. The molecule has 0 aromatic heterocycles. The lowest BCUT2D eigenvalue weighted by atomic mass is 9.66. The lowest BCUT2D eigenvalue weighted by Gasteiger charge is -2.34. The van der Waals surface area contributed by atoms with Crippen molar-refractivity contribution in [1.29, 1.82) is 5.26 Å². The first-order chi connectivity index (χ1) is 18.4. The second-order valence-corrected chi connectivity index (χ2v) is 12.7. The summed E-state index contributed by atoms with van der Waals surface area (Å²) in [6, 6.07) is 30.7. The fraction of sp³-hybridized carbons (Fsp3) is 0.406. The van der Waals surface area contributed by atoms with Crippen molar-refractivity contribution in [2.75, 3.05) is 13.1 Å². The molecule has 5 nitrogen and oxygen atoms in total. The van der Waals surface area contributed by atoms with Gasteiger partial charge in [-0.15, -0.1) is 0 Å². The van der Waals surface area contributed by atoms with Gasteiger partial charge in [0.25, 0.3) is 0 Å². The molecule has 198 valence electrons. The number of nitrogens with zero attached hydrogens (tertiary/aromatic N) is 2. The second kappa shape index (κ2) is 11.4. The number of aryl methyl sites for hydroxylation is 1. The standard InChI is InChI=1S/C32H37N3O2S/c1-25-14-18-31(19-15-25)38(36,37)35-22-8-13-30(35)20-21-34-29-17-16-28(23-29)32(24-33,26-9-4-2-5-10-26)27-11-6-3-7-12-27/h2-7,9-12,14-15,18-19,28-30,34H,8,13,16-17,20-23H2,1H3/t28?,29?,30-/m0/s1. The highest BCUT2D eigenvalue weighted by atomic mass is 32.2. The van der Waals surface area contributed by atoms with Crippen LogP contribution in [0.25, 0.3) is 0 Å². The van der Waals surface area contributed by atoms with Gasteiger partial charge in [-0.05, 0) is 81.2 Å². The summed E-state index contributed by atoms with van der Waals surface area (Å²) >= 11 is 0. The summed E-state index contributed by atoms with van der Waals surface area (Å²) in [4.78, 5) is 0.385. The normalized spacial score (nSPS) is 22.4. The molecule has 0 spiro atoms. The summed E-state index contributed by atoms with van der Waals surface area (Å²) in [5.74, 6) is 0.208. The highest BCUT2D eigenvalue weighted by molar-refractivity contribution is 7.89. The molecule has 1 heterocycles. The van der Waals surface area contributed by atoms with E-state index in [0.29, 0.717) is 17.5 Å². The monoisotopic (exact) mass is 527 g/mol. The Morgan fingerprint density at radius 3 is 2.16 bits per heavy atom. The summed E-state index contributed by atoms with van der Waals surface area (Å²) in [7, 11) is -3.48. The zero-order chi connectivity index (χ0) is 26.6. The molecular weight excluding hydrogens is 490 g/mol. The van der Waals surface area contributed by atoms with Crippen LogP contribution in [0.3, 0.4) is 0 Å². The number of hydrogen-bond donors (Lipinski definition) is 1. The van der Waals surface area contributed by atoms with Crippen LogP contribution in [0.4, 0.5) is 0 Å². The van der Waals surface area contributed by atoms with Gasteiger partial charge in [0.05, 0.1) is 11.0 Å². The Balaban J connectivity index is 1.24. The van der Waals surface area contributed by atoms with Crippen molar-refractivity contribution in [3.05, 3.63) is 102 Å². The molecule has 2 unspecified atom stereocenters. The van der Waals surface area contributed by atoms with E-state index in [2.05, 4.69) is 35.7 Å². The average molecular weight is 528 g/mol. The summed E-state index contributed by atoms with van der Waals surface area (Å²) in [5.41, 5.74) is 2.49. The maximum atomic E-state index is 13.3. The zero-order valence-electron chi connectivity index (χ0n) is 22.1. The number of nitrogens with one attached hydrogen (secondary N) is 1. The Kier molecular flexibility index (Phi) is 7.99. The van der Waals surface area contributed by atoms with Gasteiger partial charge in [0.1, 0.15) is 5.41 Å². The van der Waals surface area contributed by atoms with Gasteiger partial charge in [0, 0.05) is 18.6 Å². The van der Waals surface area contributed by atoms with Gasteiger partial charge in [0.15, 0.2) is 0 Å². The van der Waals surface area contributed by atoms with Crippen molar-refractivity contribution < 1.29 is 8.42 Å². The van der Waals surface area contributed by atoms with Crippen LogP contribution < -0.4 is 5.32 Å². The van der Waals surface area contributed by atoms with E-state index in [1.165, 1.54) is 0 Å². The molecule has 3 aromatic carbocycles. The molecule has 1 aliphatic heterocycles. The average Bonchev–Trinajstić information content (AvgIpc) is 3.62. The Hall–Kier alpha value is -2.98. The number of rotatable bonds is 9. The van der Waals surface area contributed by atoms with Gasteiger partial charge < -0.3 is 5.32 Å². The Morgan fingerprint density at radius 1 is 0.921 bits per heavy atom. The van der Waals surface area contributed by atoms with Crippen LogP contribution in [0.2, 0.25) is 0 Å². The molecule has 1 saturated carbocycles. The van der Waals surface area contributed by atoms with E-state index in [1.807, 2.05) is 55.5 Å². The van der Waals surface area contributed by atoms with Crippen LogP contribution in [0, 0.1) is 24.2 Å². The minimum atomic E-state index is -3.48. The maximum Gasteiger partial charge on any atom is 0.243 e. The summed E-state index contributed by atoms with van der Waals surface area (Å²) in [6.07, 6.45) is 5.52. The first-order valence-corrected chi connectivity index (χ1v) is 15.2.